The van der Waals surface area contributed by atoms with E-state index in [0.29, 0.717) is 25.7 Å². The number of carbonyl (C=O) groups excluding carboxylic acids is 4. The normalized spacial score (nSPS) is 14.2. The predicted octanol–water partition coefficient (Wildman–Crippen LogP) is 20.7. The van der Waals surface area contributed by atoms with Gasteiger partial charge in [-0.1, -0.05) is 336 Å². The topological polar surface area (TPSA) is 338 Å². The zero-order valence-electron chi connectivity index (χ0n) is 75.5. The number of ether oxygens (including phenoxy) is 8. The van der Waals surface area contributed by atoms with Crippen molar-refractivity contribution < 1.29 is 107 Å². The molecule has 1 rings (SSSR count). The summed E-state index contributed by atoms with van der Waals surface area (Å²) in [6, 6.07) is -1.59. The lowest BCUT2D eigenvalue weighted by Crippen LogP contribution is -2.50. The van der Waals surface area contributed by atoms with Crippen LogP contribution in [0, 0.1) is 23.7 Å². The van der Waals surface area contributed by atoms with Crippen LogP contribution in [0.3, 0.4) is 0 Å². The zero-order chi connectivity index (χ0) is 87.1. The summed E-state index contributed by atoms with van der Waals surface area (Å²) in [5.41, 5.74) is 0. The van der Waals surface area contributed by atoms with E-state index < -0.39 is 86.7 Å². The van der Waals surface area contributed by atoms with Gasteiger partial charge in [0.25, 0.3) is 0 Å². The molecule has 119 heavy (non-hydrogen) atoms. The van der Waals surface area contributed by atoms with Gasteiger partial charge in [-0.25, -0.2) is 4.79 Å². The maximum Gasteiger partial charge on any atom is 0.508 e. The molecule has 0 heterocycles. The quantitative estimate of drug-likeness (QED) is 0.0214. The summed E-state index contributed by atoms with van der Waals surface area (Å²) in [7, 11) is 0. The highest BCUT2D eigenvalue weighted by Crippen LogP contribution is 2.30. The van der Waals surface area contributed by atoms with E-state index in [1.807, 2.05) is 0 Å². The molecule has 5 N–H and O–H groups in total. The van der Waals surface area contributed by atoms with Gasteiger partial charge in [0, 0.05) is 32.8 Å². The van der Waals surface area contributed by atoms with Crippen LogP contribution in [0.2, 0.25) is 0 Å². The Morgan fingerprint density at radius 2 is 0.597 bits per heavy atom. The number of rotatable bonds is 90. The van der Waals surface area contributed by atoms with Crippen LogP contribution in [0.1, 0.15) is 394 Å². The van der Waals surface area contributed by atoms with Gasteiger partial charge in [0.1, 0.15) is 25.9 Å². The lowest BCUT2D eigenvalue weighted by atomic mass is 9.83. The monoisotopic (exact) mass is 1700 g/mol. The summed E-state index contributed by atoms with van der Waals surface area (Å²) >= 11 is 0. The first-order valence-corrected chi connectivity index (χ1v) is 48.2. The molecule has 0 aliphatic heterocycles. The molecular weight excluding hydrogens is 1520 g/mol. The summed E-state index contributed by atoms with van der Waals surface area (Å²) in [5.74, 6) is -8.44. The third-order valence-electron chi connectivity index (χ3n) is 23.3. The van der Waals surface area contributed by atoms with Crippen LogP contribution in [0.5, 0.6) is 0 Å². The molecule has 2 atom stereocenters. The first kappa shape index (κ1) is 112. The summed E-state index contributed by atoms with van der Waals surface area (Å²) in [5, 5.41) is 47.4. The Hall–Kier alpha value is -5.21. The van der Waals surface area contributed by atoms with E-state index >= 15 is 0 Å². The predicted molar refractivity (Wildman–Crippen MR) is 468 cm³/mol. The Morgan fingerprint density at radius 1 is 0.311 bits per heavy atom. The molecule has 0 aromatic heterocycles. The minimum Gasteiger partial charge on any atom is -0.480 e. The maximum atomic E-state index is 14.6. The smallest absolute Gasteiger partial charge is 0.480 e. The van der Waals surface area contributed by atoms with Gasteiger partial charge in [-0.15, -0.1) is 0 Å². The number of carboxylic acids is 5. The molecule has 0 aromatic rings. The Morgan fingerprint density at radius 3 is 0.916 bits per heavy atom. The van der Waals surface area contributed by atoms with Crippen LogP contribution in [0.4, 0.5) is 4.79 Å². The van der Waals surface area contributed by atoms with Crippen LogP contribution in [-0.2, 0) is 76.3 Å². The van der Waals surface area contributed by atoms with Crippen LogP contribution >= 0.6 is 0 Å². The van der Waals surface area contributed by atoms with E-state index in [-0.39, 0.29) is 102 Å². The largest absolute Gasteiger partial charge is 0.508 e. The van der Waals surface area contributed by atoms with E-state index in [0.717, 1.165) is 125 Å². The van der Waals surface area contributed by atoms with Crippen molar-refractivity contribution >= 4 is 53.9 Å². The second-order valence-electron chi connectivity index (χ2n) is 34.2. The molecule has 0 spiro atoms. The number of nitrogens with zero attached hydrogens (tertiary/aromatic N) is 3. The van der Waals surface area contributed by atoms with E-state index in [4.69, 9.17) is 37.9 Å². The Bertz CT molecular complexity index is 2340. The van der Waals surface area contributed by atoms with Crippen molar-refractivity contribution in [2.24, 2.45) is 23.7 Å². The van der Waals surface area contributed by atoms with Crippen molar-refractivity contribution in [1.29, 1.82) is 0 Å². The molecule has 1 saturated carbocycles. The summed E-state index contributed by atoms with van der Waals surface area (Å²) < 4.78 is 46.6. The molecule has 2 unspecified atom stereocenters. The Kier molecular flexibility index (Phi) is 76.2. The van der Waals surface area contributed by atoms with Crippen molar-refractivity contribution in [2.45, 2.75) is 406 Å². The first-order valence-electron chi connectivity index (χ1n) is 48.2. The minimum atomic E-state index is -1.59. The molecule has 0 aromatic carbocycles. The van der Waals surface area contributed by atoms with Crippen molar-refractivity contribution in [1.82, 2.24) is 14.7 Å². The number of hydrogen-bond donors (Lipinski definition) is 5. The van der Waals surface area contributed by atoms with Gasteiger partial charge in [0.15, 0.2) is 6.10 Å². The molecule has 1 aliphatic rings. The zero-order valence-corrected chi connectivity index (χ0v) is 75.5. The van der Waals surface area contributed by atoms with Crippen molar-refractivity contribution in [3.8, 4) is 0 Å². The maximum absolute atomic E-state index is 14.6. The molecule has 1 aliphatic carbocycles. The van der Waals surface area contributed by atoms with Crippen molar-refractivity contribution in [2.75, 3.05) is 118 Å². The van der Waals surface area contributed by atoms with Crippen molar-refractivity contribution in [3.05, 3.63) is 0 Å². The van der Waals surface area contributed by atoms with Crippen LogP contribution in [-0.4, -0.2) is 225 Å². The molecule has 0 saturated heterocycles. The minimum absolute atomic E-state index is 0.0457. The van der Waals surface area contributed by atoms with Gasteiger partial charge in [-0.05, 0) is 63.2 Å². The average molecular weight is 1700 g/mol. The van der Waals surface area contributed by atoms with E-state index in [1.165, 1.54) is 249 Å². The Labute approximate surface area is 719 Å². The molecule has 1 fully saturated rings. The van der Waals surface area contributed by atoms with E-state index in [9.17, 15) is 68.7 Å². The highest BCUT2D eigenvalue weighted by Gasteiger charge is 2.32. The van der Waals surface area contributed by atoms with Gasteiger partial charge >= 0.3 is 53.9 Å². The SMILES string of the molecule is CCCCCCCCCCCCCCC(CCCCCCCCCCCCCC)C(=O)OCC(COC(=O)OCC1CCC(COCCOCCOCCOC(=O)CC(C(=O)O)N(CCN(CC(=O)O)CC(=O)O)CCN(CC(=O)O)CC(=O)O)CC1)OC(=O)C(CCCCCCCCCCCCCC)CCCCCCCCCCCCCC. The van der Waals surface area contributed by atoms with Crippen molar-refractivity contribution in [3.63, 3.8) is 0 Å². The molecule has 25 heteroatoms. The molecule has 25 nitrogen and oxygen atoms in total. The number of hydrogen-bond acceptors (Lipinski definition) is 20. The number of carbonyl (C=O) groups is 9. The number of aliphatic carboxylic acids is 5. The average Bonchev–Trinajstić information content (AvgIpc) is 0.884. The summed E-state index contributed by atoms with van der Waals surface area (Å²) in [6.45, 7) is 6.14. The lowest BCUT2D eigenvalue weighted by molar-refractivity contribution is -0.167. The van der Waals surface area contributed by atoms with E-state index in [2.05, 4.69) is 27.7 Å². The lowest BCUT2D eigenvalue weighted by Gasteiger charge is -2.32. The Balaban J connectivity index is 2.99. The van der Waals surface area contributed by atoms with E-state index in [1.54, 1.807) is 0 Å². The number of unbranched alkanes of at least 4 members (excludes halogenated alkanes) is 44. The third-order valence-corrected chi connectivity index (χ3v) is 23.3. The second kappa shape index (κ2) is 81.2. The van der Waals surface area contributed by atoms with Gasteiger partial charge < -0.3 is 63.4 Å². The summed E-state index contributed by atoms with van der Waals surface area (Å²) in [6.07, 6.45) is 63.4. The highest BCUT2D eigenvalue weighted by atomic mass is 16.7. The van der Waals surface area contributed by atoms with Gasteiger partial charge in [-0.2, -0.15) is 0 Å². The standard InChI is InChI=1S/C94H173N3O22/c1-5-9-13-17-21-25-29-33-37-41-45-49-53-82(54-50-46-42-38-34-30-26-22-18-14-10-6-2)92(109)116-78-84(119-93(110)83(55-51-47-43-39-35-31-27-23-19-15-11-7-3)56-52-48-44-40-36-32-28-24-20-16-12-8-4)79-118-94(111)117-77-81-59-57-80(58-60-81)76-114-68-67-112-65-66-113-69-70-115-90(106)71-85(91(107)108)97(63-61-95(72-86(98)99)73-87(100)101)64-62-96(74-88(102)103)75-89(104)105/h80-85H,5-79H2,1-4H3,(H,98,99)(H,100,101)(H,102,103)(H,104,105)(H,107,108). The van der Waals surface area contributed by atoms with Gasteiger partial charge in [0.05, 0.1) is 84.1 Å². The fourth-order valence-electron chi connectivity index (χ4n) is 16.0. The van der Waals surface area contributed by atoms with Crippen LogP contribution in [0.15, 0.2) is 0 Å². The molecule has 696 valence electrons. The number of esters is 3. The summed E-state index contributed by atoms with van der Waals surface area (Å²) in [4.78, 5) is 117. The third kappa shape index (κ3) is 70.8. The molecule has 0 radical (unpaired) electrons. The van der Waals surface area contributed by atoms with Gasteiger partial charge in [0.2, 0.25) is 0 Å². The fourth-order valence-corrected chi connectivity index (χ4v) is 16.0. The molecule has 0 bridgehead atoms. The number of carboxylic acid groups (broad SMARTS) is 5. The molecular formula is C94H173N3O22. The molecule has 0 amide bonds. The van der Waals surface area contributed by atoms with Crippen LogP contribution in [0.25, 0.3) is 0 Å². The fraction of sp³-hybridized carbons (Fsp3) is 0.904. The van der Waals surface area contributed by atoms with Gasteiger partial charge in [-0.3, -0.25) is 53.1 Å². The highest BCUT2D eigenvalue weighted by molar-refractivity contribution is 5.81. The van der Waals surface area contributed by atoms with Crippen LogP contribution < -0.4 is 0 Å². The first-order chi connectivity index (χ1) is 57.8. The second-order valence-corrected chi connectivity index (χ2v) is 34.2.